The van der Waals surface area contributed by atoms with E-state index in [2.05, 4.69) is 23.7 Å². The molecule has 0 aliphatic carbocycles. The lowest BCUT2D eigenvalue weighted by Crippen LogP contribution is -2.36. The van der Waals surface area contributed by atoms with Crippen molar-refractivity contribution in [2.24, 2.45) is 0 Å². The topological polar surface area (TPSA) is 54.8 Å². The second-order valence-corrected chi connectivity index (χ2v) is 5.11. The molecule has 6 heteroatoms. The molecule has 5 nitrogen and oxygen atoms in total. The molecule has 1 aromatic rings. The second-order valence-electron chi connectivity index (χ2n) is 4.05. The summed E-state index contributed by atoms with van der Waals surface area (Å²) < 4.78 is 10.3. The number of aromatic nitrogens is 1. The Labute approximate surface area is 112 Å². The van der Waals surface area contributed by atoms with Gasteiger partial charge in [-0.1, -0.05) is 11.3 Å². The summed E-state index contributed by atoms with van der Waals surface area (Å²) in [5.74, 6) is 0. The normalized spacial score (nSPS) is 12.7. The van der Waals surface area contributed by atoms with Gasteiger partial charge in [-0.3, -0.25) is 0 Å². The minimum Gasteiger partial charge on any atom is -0.391 e. The molecule has 0 saturated heterocycles. The Balaban J connectivity index is 2.91. The van der Waals surface area contributed by atoms with Crippen molar-refractivity contribution >= 4 is 16.5 Å². The van der Waals surface area contributed by atoms with Gasteiger partial charge in [-0.2, -0.15) is 0 Å². The molecule has 104 valence electrons. The molecule has 1 unspecified atom stereocenters. The number of likely N-dealkylation sites (N-methyl/N-ethyl adjacent to an activating group) is 1. The molecule has 0 bridgehead atoms. The van der Waals surface area contributed by atoms with Crippen molar-refractivity contribution < 1.29 is 14.6 Å². The van der Waals surface area contributed by atoms with Crippen LogP contribution in [0.25, 0.3) is 0 Å². The average molecular weight is 274 g/mol. The molecule has 1 atom stereocenters. The van der Waals surface area contributed by atoms with Gasteiger partial charge in [-0.25, -0.2) is 4.98 Å². The third-order valence-electron chi connectivity index (χ3n) is 2.72. The number of rotatable bonds is 8. The van der Waals surface area contributed by atoms with Gasteiger partial charge in [-0.15, -0.1) is 0 Å². The molecular formula is C12H22N2O3S. The van der Waals surface area contributed by atoms with Crippen molar-refractivity contribution in [2.45, 2.75) is 33.1 Å². The minimum absolute atomic E-state index is 0.00652. The van der Waals surface area contributed by atoms with E-state index in [9.17, 15) is 5.11 Å². The van der Waals surface area contributed by atoms with Gasteiger partial charge >= 0.3 is 0 Å². The van der Waals surface area contributed by atoms with Crippen LogP contribution in [0, 0.1) is 0 Å². The highest BCUT2D eigenvalue weighted by Crippen LogP contribution is 2.28. The van der Waals surface area contributed by atoms with Crippen LogP contribution in [0.15, 0.2) is 0 Å². The first-order valence-electron chi connectivity index (χ1n) is 6.01. The highest BCUT2D eigenvalue weighted by atomic mass is 32.1. The van der Waals surface area contributed by atoms with Gasteiger partial charge in [0.15, 0.2) is 5.13 Å². The third kappa shape index (κ3) is 3.65. The molecule has 0 fully saturated rings. The summed E-state index contributed by atoms with van der Waals surface area (Å²) in [6.07, 6.45) is 0. The average Bonchev–Trinajstić information content (AvgIpc) is 2.74. The summed E-state index contributed by atoms with van der Waals surface area (Å²) in [4.78, 5) is 7.59. The molecule has 0 aromatic carbocycles. The van der Waals surface area contributed by atoms with E-state index in [1.54, 1.807) is 14.2 Å². The molecule has 0 radical (unpaired) electrons. The Hall–Kier alpha value is -0.690. The summed E-state index contributed by atoms with van der Waals surface area (Å²) in [7, 11) is 3.33. The Morgan fingerprint density at radius 3 is 2.61 bits per heavy atom. The lowest BCUT2D eigenvalue weighted by atomic mass is 10.3. The lowest BCUT2D eigenvalue weighted by Gasteiger charge is -2.26. The van der Waals surface area contributed by atoms with Crippen LogP contribution in [-0.4, -0.2) is 43.5 Å². The van der Waals surface area contributed by atoms with Crippen LogP contribution >= 0.6 is 11.3 Å². The van der Waals surface area contributed by atoms with Crippen molar-refractivity contribution in [3.8, 4) is 0 Å². The van der Waals surface area contributed by atoms with Gasteiger partial charge in [0.2, 0.25) is 0 Å². The van der Waals surface area contributed by atoms with Gasteiger partial charge in [0.1, 0.15) is 0 Å². The maximum atomic E-state index is 9.33. The number of hydrogen-bond donors (Lipinski definition) is 1. The zero-order valence-corrected chi connectivity index (χ0v) is 12.3. The molecule has 0 saturated carbocycles. The molecule has 18 heavy (non-hydrogen) atoms. The van der Waals surface area contributed by atoms with Crippen LogP contribution in [-0.2, 0) is 22.7 Å². The summed E-state index contributed by atoms with van der Waals surface area (Å²) in [6, 6.07) is 0.257. The van der Waals surface area contributed by atoms with E-state index < -0.39 is 0 Å². The lowest BCUT2D eigenvalue weighted by molar-refractivity contribution is 0.178. The number of thiazole rings is 1. The summed E-state index contributed by atoms with van der Waals surface area (Å²) >= 11 is 1.52. The number of hydrogen-bond acceptors (Lipinski definition) is 6. The Morgan fingerprint density at radius 2 is 2.11 bits per heavy atom. The number of aliphatic hydroxyl groups is 1. The highest BCUT2D eigenvalue weighted by molar-refractivity contribution is 7.15. The molecule has 0 spiro atoms. The zero-order valence-electron chi connectivity index (χ0n) is 11.5. The first-order valence-corrected chi connectivity index (χ1v) is 6.83. The molecule has 0 aliphatic rings. The molecule has 1 heterocycles. The zero-order chi connectivity index (χ0) is 13.5. The molecule has 1 aromatic heterocycles. The van der Waals surface area contributed by atoms with E-state index in [-0.39, 0.29) is 12.6 Å². The summed E-state index contributed by atoms with van der Waals surface area (Å²) in [6.45, 7) is 6.14. The Bertz CT molecular complexity index is 357. The van der Waals surface area contributed by atoms with Crippen molar-refractivity contribution in [1.82, 2.24) is 4.98 Å². The van der Waals surface area contributed by atoms with E-state index in [0.717, 1.165) is 22.2 Å². The van der Waals surface area contributed by atoms with Crippen LogP contribution in [0.3, 0.4) is 0 Å². The minimum atomic E-state index is 0.00652. The summed E-state index contributed by atoms with van der Waals surface area (Å²) in [5, 5.41) is 10.2. The highest BCUT2D eigenvalue weighted by Gasteiger charge is 2.19. The van der Waals surface area contributed by atoms with Crippen LogP contribution in [0.2, 0.25) is 0 Å². The van der Waals surface area contributed by atoms with Crippen LogP contribution < -0.4 is 4.90 Å². The van der Waals surface area contributed by atoms with Crippen LogP contribution in [0.4, 0.5) is 5.13 Å². The number of aliphatic hydroxyl groups excluding tert-OH is 1. The van der Waals surface area contributed by atoms with E-state index in [4.69, 9.17) is 9.47 Å². The van der Waals surface area contributed by atoms with E-state index >= 15 is 0 Å². The maximum absolute atomic E-state index is 9.33. The first-order chi connectivity index (χ1) is 8.67. The predicted molar refractivity (Wildman–Crippen MR) is 73.1 cm³/mol. The summed E-state index contributed by atoms with van der Waals surface area (Å²) in [5.41, 5.74) is 0.822. The SMILES string of the molecule is CCN(c1nc(COC)c(CO)s1)C(C)COC. The second kappa shape index (κ2) is 7.68. The fourth-order valence-electron chi connectivity index (χ4n) is 1.83. The largest absolute Gasteiger partial charge is 0.391 e. The smallest absolute Gasteiger partial charge is 0.186 e. The Morgan fingerprint density at radius 1 is 1.39 bits per heavy atom. The predicted octanol–water partition coefficient (Wildman–Crippen LogP) is 1.64. The van der Waals surface area contributed by atoms with E-state index in [1.807, 2.05) is 0 Å². The van der Waals surface area contributed by atoms with E-state index in [0.29, 0.717) is 13.2 Å². The number of methoxy groups -OCH3 is 2. The van der Waals surface area contributed by atoms with Gasteiger partial charge in [0.25, 0.3) is 0 Å². The van der Waals surface area contributed by atoms with Crippen molar-refractivity contribution in [3.63, 3.8) is 0 Å². The van der Waals surface area contributed by atoms with Crippen LogP contribution in [0.1, 0.15) is 24.4 Å². The molecule has 1 N–H and O–H groups in total. The standard InChI is InChI=1S/C12H22N2O3S/c1-5-14(9(2)7-16-3)12-13-10(8-17-4)11(6-15)18-12/h9,15H,5-8H2,1-4H3. The van der Waals surface area contributed by atoms with Crippen molar-refractivity contribution in [1.29, 1.82) is 0 Å². The van der Waals surface area contributed by atoms with Crippen molar-refractivity contribution in [2.75, 3.05) is 32.3 Å². The Kier molecular flexibility index (Phi) is 6.56. The fraction of sp³-hybridized carbons (Fsp3) is 0.750. The van der Waals surface area contributed by atoms with Gasteiger partial charge < -0.3 is 19.5 Å². The number of nitrogens with zero attached hydrogens (tertiary/aromatic N) is 2. The van der Waals surface area contributed by atoms with Gasteiger partial charge in [0.05, 0.1) is 36.4 Å². The molecule has 1 rings (SSSR count). The van der Waals surface area contributed by atoms with E-state index in [1.165, 1.54) is 11.3 Å². The third-order valence-corrected chi connectivity index (χ3v) is 3.84. The first kappa shape index (κ1) is 15.4. The quantitative estimate of drug-likeness (QED) is 0.781. The van der Waals surface area contributed by atoms with Crippen LogP contribution in [0.5, 0.6) is 0 Å². The van der Waals surface area contributed by atoms with Crippen molar-refractivity contribution in [3.05, 3.63) is 10.6 Å². The van der Waals surface area contributed by atoms with Gasteiger partial charge in [-0.05, 0) is 13.8 Å². The number of anilines is 1. The molecule has 0 aliphatic heterocycles. The maximum Gasteiger partial charge on any atom is 0.186 e. The van der Waals surface area contributed by atoms with Gasteiger partial charge in [0, 0.05) is 20.8 Å². The molecular weight excluding hydrogens is 252 g/mol. The fourth-order valence-corrected chi connectivity index (χ4v) is 2.92. The monoisotopic (exact) mass is 274 g/mol. The number of ether oxygens (including phenoxy) is 2. The molecule has 0 amide bonds.